The van der Waals surface area contributed by atoms with Crippen LogP contribution in [0, 0.1) is 18.2 Å². The average molecular weight is 345 g/mol. The number of rotatable bonds is 3. The van der Waals surface area contributed by atoms with Crippen LogP contribution in [0.25, 0.3) is 11.1 Å². The van der Waals surface area contributed by atoms with Gasteiger partial charge in [-0.3, -0.25) is 0 Å². The van der Waals surface area contributed by atoms with E-state index in [9.17, 15) is 4.39 Å². The molecule has 2 aromatic carbocycles. The Balaban J connectivity index is 2.18. The van der Waals surface area contributed by atoms with Gasteiger partial charge in [-0.1, -0.05) is 56.5 Å². The smallest absolute Gasteiger partial charge is 0.131 e. The van der Waals surface area contributed by atoms with E-state index in [0.717, 1.165) is 16.7 Å². The second-order valence-corrected chi connectivity index (χ2v) is 8.09. The van der Waals surface area contributed by atoms with Gasteiger partial charge in [-0.05, 0) is 59.9 Å². The first-order chi connectivity index (χ1) is 11.4. The molecule has 1 atom stereocenters. The molecule has 0 N–H and O–H groups in total. The van der Waals surface area contributed by atoms with Gasteiger partial charge in [-0.15, -0.1) is 11.6 Å². The van der Waals surface area contributed by atoms with E-state index in [1.807, 2.05) is 25.1 Å². The van der Waals surface area contributed by atoms with Crippen LogP contribution in [0.1, 0.15) is 62.1 Å². The summed E-state index contributed by atoms with van der Waals surface area (Å²) in [6.07, 6.45) is 4.92. The largest absolute Gasteiger partial charge is 0.206 e. The average Bonchev–Trinajstić information content (AvgIpc) is 2.56. The molecule has 0 unspecified atom stereocenters. The molecule has 0 nitrogen and oxygen atoms in total. The van der Waals surface area contributed by atoms with Crippen LogP contribution in [-0.4, -0.2) is 0 Å². The molecule has 0 spiro atoms. The van der Waals surface area contributed by atoms with Crippen LogP contribution in [-0.2, 0) is 5.88 Å². The highest BCUT2D eigenvalue weighted by atomic mass is 35.5. The summed E-state index contributed by atoms with van der Waals surface area (Å²) in [4.78, 5) is 0. The Kier molecular flexibility index (Phi) is 5.01. The van der Waals surface area contributed by atoms with Crippen molar-refractivity contribution in [2.75, 3.05) is 0 Å². The minimum Gasteiger partial charge on any atom is -0.206 e. The SMILES string of the molecule is Cc1ccc(F)c(-c2ccc(CCl)cc2[C@@H]2CCCCC2(C)C)c1. The zero-order valence-electron chi connectivity index (χ0n) is 14.8. The van der Waals surface area contributed by atoms with Crippen LogP contribution >= 0.6 is 11.6 Å². The van der Waals surface area contributed by atoms with Crippen molar-refractivity contribution in [1.29, 1.82) is 0 Å². The number of hydrogen-bond acceptors (Lipinski definition) is 0. The molecule has 0 aliphatic heterocycles. The minimum absolute atomic E-state index is 0.144. The number of aryl methyl sites for hydroxylation is 1. The van der Waals surface area contributed by atoms with E-state index in [4.69, 9.17) is 11.6 Å². The maximum absolute atomic E-state index is 14.6. The Morgan fingerprint density at radius 1 is 1.08 bits per heavy atom. The fraction of sp³-hybridized carbons (Fsp3) is 0.455. The van der Waals surface area contributed by atoms with Crippen molar-refractivity contribution in [3.05, 3.63) is 58.9 Å². The summed E-state index contributed by atoms with van der Waals surface area (Å²) in [5.41, 5.74) is 5.45. The van der Waals surface area contributed by atoms with E-state index in [1.54, 1.807) is 6.07 Å². The van der Waals surface area contributed by atoms with Gasteiger partial charge in [0.15, 0.2) is 0 Å². The van der Waals surface area contributed by atoms with Crippen molar-refractivity contribution >= 4 is 11.6 Å². The highest BCUT2D eigenvalue weighted by Gasteiger charge is 2.35. The van der Waals surface area contributed by atoms with Crippen molar-refractivity contribution in [3.63, 3.8) is 0 Å². The predicted octanol–water partition coefficient (Wildman–Crippen LogP) is 7.22. The zero-order chi connectivity index (χ0) is 17.3. The van der Waals surface area contributed by atoms with Gasteiger partial charge >= 0.3 is 0 Å². The predicted molar refractivity (Wildman–Crippen MR) is 101 cm³/mol. The third kappa shape index (κ3) is 3.37. The Bertz CT molecular complexity index is 733. The van der Waals surface area contributed by atoms with Crippen LogP contribution in [0.2, 0.25) is 0 Å². The molecule has 2 aromatic rings. The van der Waals surface area contributed by atoms with Gasteiger partial charge in [0, 0.05) is 11.4 Å². The van der Waals surface area contributed by atoms with Crippen LogP contribution in [0.4, 0.5) is 4.39 Å². The van der Waals surface area contributed by atoms with Gasteiger partial charge in [0.2, 0.25) is 0 Å². The molecule has 24 heavy (non-hydrogen) atoms. The summed E-state index contributed by atoms with van der Waals surface area (Å²) in [6.45, 7) is 6.71. The van der Waals surface area contributed by atoms with Gasteiger partial charge in [0.25, 0.3) is 0 Å². The molecule has 0 heterocycles. The molecule has 128 valence electrons. The molecular formula is C22H26ClF. The lowest BCUT2D eigenvalue weighted by Crippen LogP contribution is -2.26. The van der Waals surface area contributed by atoms with E-state index < -0.39 is 0 Å². The van der Waals surface area contributed by atoms with Crippen LogP contribution in [0.15, 0.2) is 36.4 Å². The standard InChI is InChI=1S/C22H26ClF/c1-15-7-10-21(24)19(12-15)17-9-8-16(14-23)13-18(17)20-6-4-5-11-22(20,2)3/h7-10,12-13,20H,4-6,11,14H2,1-3H3/t20-/m0/s1. The molecule has 1 aliphatic carbocycles. The molecule has 0 aromatic heterocycles. The Morgan fingerprint density at radius 2 is 1.88 bits per heavy atom. The fourth-order valence-corrected chi connectivity index (χ4v) is 4.31. The molecular weight excluding hydrogens is 319 g/mol. The lowest BCUT2D eigenvalue weighted by Gasteiger charge is -2.40. The highest BCUT2D eigenvalue weighted by Crippen LogP contribution is 2.49. The Morgan fingerprint density at radius 3 is 2.58 bits per heavy atom. The van der Waals surface area contributed by atoms with Gasteiger partial charge in [-0.2, -0.15) is 0 Å². The monoisotopic (exact) mass is 344 g/mol. The maximum atomic E-state index is 14.6. The first-order valence-corrected chi connectivity index (χ1v) is 9.41. The van der Waals surface area contributed by atoms with Crippen molar-refractivity contribution in [1.82, 2.24) is 0 Å². The maximum Gasteiger partial charge on any atom is 0.131 e. The van der Waals surface area contributed by atoms with Crippen molar-refractivity contribution in [2.45, 2.75) is 58.3 Å². The van der Waals surface area contributed by atoms with E-state index in [0.29, 0.717) is 17.4 Å². The van der Waals surface area contributed by atoms with Gasteiger partial charge < -0.3 is 0 Å². The molecule has 0 saturated heterocycles. The van der Waals surface area contributed by atoms with E-state index in [1.165, 1.54) is 31.2 Å². The van der Waals surface area contributed by atoms with E-state index in [-0.39, 0.29) is 11.2 Å². The van der Waals surface area contributed by atoms with Crippen LogP contribution in [0.5, 0.6) is 0 Å². The molecule has 2 heteroatoms. The van der Waals surface area contributed by atoms with Crippen molar-refractivity contribution < 1.29 is 4.39 Å². The van der Waals surface area contributed by atoms with Gasteiger partial charge in [0.1, 0.15) is 5.82 Å². The molecule has 0 radical (unpaired) electrons. The fourth-order valence-electron chi connectivity index (χ4n) is 4.14. The first-order valence-electron chi connectivity index (χ1n) is 8.88. The highest BCUT2D eigenvalue weighted by molar-refractivity contribution is 6.17. The zero-order valence-corrected chi connectivity index (χ0v) is 15.6. The lowest BCUT2D eigenvalue weighted by atomic mass is 9.65. The summed E-state index contributed by atoms with van der Waals surface area (Å²) in [5, 5.41) is 0. The Labute approximate surface area is 150 Å². The van der Waals surface area contributed by atoms with Crippen molar-refractivity contribution in [3.8, 4) is 11.1 Å². The summed E-state index contributed by atoms with van der Waals surface area (Å²) >= 11 is 6.09. The first kappa shape index (κ1) is 17.5. The molecule has 1 fully saturated rings. The molecule has 3 rings (SSSR count). The third-order valence-corrected chi connectivity index (χ3v) is 5.87. The number of alkyl halides is 1. The Hall–Kier alpha value is -1.34. The third-order valence-electron chi connectivity index (χ3n) is 5.56. The summed E-state index contributed by atoms with van der Waals surface area (Å²) in [7, 11) is 0. The van der Waals surface area contributed by atoms with Crippen LogP contribution in [0.3, 0.4) is 0 Å². The summed E-state index contributed by atoms with van der Waals surface area (Å²) in [6, 6.07) is 11.7. The van der Waals surface area contributed by atoms with Crippen molar-refractivity contribution in [2.24, 2.45) is 5.41 Å². The topological polar surface area (TPSA) is 0 Å². The number of hydrogen-bond donors (Lipinski definition) is 0. The van der Waals surface area contributed by atoms with E-state index in [2.05, 4.69) is 26.0 Å². The van der Waals surface area contributed by atoms with Crippen LogP contribution < -0.4 is 0 Å². The summed E-state index contributed by atoms with van der Waals surface area (Å²) in [5.74, 6) is 0.801. The molecule has 0 amide bonds. The van der Waals surface area contributed by atoms with Gasteiger partial charge in [0.05, 0.1) is 0 Å². The molecule has 1 saturated carbocycles. The van der Waals surface area contributed by atoms with Gasteiger partial charge in [-0.25, -0.2) is 4.39 Å². The lowest BCUT2D eigenvalue weighted by molar-refractivity contribution is 0.200. The number of benzene rings is 2. The quantitative estimate of drug-likeness (QED) is 0.515. The van der Waals surface area contributed by atoms with E-state index >= 15 is 0 Å². The molecule has 0 bridgehead atoms. The number of halogens is 2. The normalized spacial score (nSPS) is 20.1. The second-order valence-electron chi connectivity index (χ2n) is 7.83. The minimum atomic E-state index is -0.144. The second kappa shape index (κ2) is 6.88. The molecule has 1 aliphatic rings. The summed E-state index contributed by atoms with van der Waals surface area (Å²) < 4.78 is 14.6.